The van der Waals surface area contributed by atoms with Gasteiger partial charge in [0, 0.05) is 12.3 Å². The molecular weight excluding hydrogens is 366 g/mol. The summed E-state index contributed by atoms with van der Waals surface area (Å²) in [5, 5.41) is 13.6. The fourth-order valence-corrected chi connectivity index (χ4v) is 3.47. The van der Waals surface area contributed by atoms with Crippen LogP contribution in [0.2, 0.25) is 0 Å². The van der Waals surface area contributed by atoms with Gasteiger partial charge in [-0.05, 0) is 24.3 Å². The summed E-state index contributed by atoms with van der Waals surface area (Å²) in [7, 11) is 0. The third-order valence-corrected chi connectivity index (χ3v) is 5.03. The van der Waals surface area contributed by atoms with Crippen molar-refractivity contribution in [3.63, 3.8) is 0 Å². The lowest BCUT2D eigenvalue weighted by molar-refractivity contribution is -0.130. The number of amides is 1. The molecule has 0 spiro atoms. The molecule has 9 heteroatoms. The van der Waals surface area contributed by atoms with Crippen molar-refractivity contribution >= 4 is 23.4 Å². The van der Waals surface area contributed by atoms with Crippen molar-refractivity contribution in [1.82, 2.24) is 20.2 Å². The molecule has 140 valence electrons. The molecule has 0 saturated carbocycles. The second kappa shape index (κ2) is 7.43. The minimum absolute atomic E-state index is 0.140. The Morgan fingerprint density at radius 2 is 2.15 bits per heavy atom. The Hall–Kier alpha value is -2.81. The number of rotatable bonds is 6. The minimum atomic E-state index is -0.286. The Balaban J connectivity index is 1.50. The second-order valence-corrected chi connectivity index (χ2v) is 7.39. The molecule has 1 N–H and O–H groups in total. The molecule has 0 radical (unpaired) electrons. The van der Waals surface area contributed by atoms with Crippen LogP contribution >= 0.6 is 11.8 Å². The van der Waals surface area contributed by atoms with E-state index >= 15 is 0 Å². The van der Waals surface area contributed by atoms with E-state index in [9.17, 15) is 4.79 Å². The van der Waals surface area contributed by atoms with Gasteiger partial charge in [-0.15, -0.1) is 5.10 Å². The highest BCUT2D eigenvalue weighted by molar-refractivity contribution is 7.99. The van der Waals surface area contributed by atoms with Gasteiger partial charge in [-0.1, -0.05) is 25.6 Å². The van der Waals surface area contributed by atoms with Crippen molar-refractivity contribution < 1.29 is 13.6 Å². The van der Waals surface area contributed by atoms with Gasteiger partial charge in [-0.3, -0.25) is 9.89 Å². The van der Waals surface area contributed by atoms with Gasteiger partial charge in [0.2, 0.25) is 5.16 Å². The summed E-state index contributed by atoms with van der Waals surface area (Å²) < 4.78 is 11.0. The predicted octanol–water partition coefficient (Wildman–Crippen LogP) is 3.58. The standard InChI is InChI=1S/C18H19N5O3S/c1-11(2)17-19-18(21-20-17)27-10-16(24)23-13(15-6-4-8-26-15)9-12(22-23)14-5-3-7-25-14/h3-8,11,13H,9-10H2,1-2H3,(H,19,20,21). The van der Waals surface area contributed by atoms with Crippen LogP contribution in [0.3, 0.4) is 0 Å². The molecule has 4 heterocycles. The average Bonchev–Trinajstić information content (AvgIpc) is 3.46. The number of thioether (sulfide) groups is 1. The molecule has 0 aromatic carbocycles. The lowest BCUT2D eigenvalue weighted by Gasteiger charge is -2.19. The first-order chi connectivity index (χ1) is 13.1. The molecule has 3 aromatic heterocycles. The van der Waals surface area contributed by atoms with E-state index in [1.165, 1.54) is 16.8 Å². The Labute approximate surface area is 160 Å². The van der Waals surface area contributed by atoms with Crippen LogP contribution in [0, 0.1) is 0 Å². The Kier molecular flexibility index (Phi) is 4.85. The van der Waals surface area contributed by atoms with Gasteiger partial charge in [0.15, 0.2) is 0 Å². The molecule has 1 unspecified atom stereocenters. The Morgan fingerprint density at radius 3 is 2.81 bits per heavy atom. The van der Waals surface area contributed by atoms with Crippen LogP contribution in [0.4, 0.5) is 0 Å². The van der Waals surface area contributed by atoms with E-state index in [-0.39, 0.29) is 23.6 Å². The number of carbonyl (C=O) groups is 1. The van der Waals surface area contributed by atoms with Crippen molar-refractivity contribution in [1.29, 1.82) is 0 Å². The molecular formula is C18H19N5O3S. The van der Waals surface area contributed by atoms with E-state index in [2.05, 4.69) is 20.3 Å². The first-order valence-corrected chi connectivity index (χ1v) is 9.62. The largest absolute Gasteiger partial charge is 0.467 e. The molecule has 3 aromatic rings. The predicted molar refractivity (Wildman–Crippen MR) is 99.4 cm³/mol. The Morgan fingerprint density at radius 1 is 1.33 bits per heavy atom. The number of furan rings is 2. The highest BCUT2D eigenvalue weighted by Crippen LogP contribution is 2.33. The normalized spacial score (nSPS) is 16.9. The van der Waals surface area contributed by atoms with Crippen molar-refractivity contribution in [2.75, 3.05) is 5.75 Å². The van der Waals surface area contributed by atoms with Crippen molar-refractivity contribution in [3.8, 4) is 0 Å². The van der Waals surface area contributed by atoms with Crippen molar-refractivity contribution in [3.05, 3.63) is 54.1 Å². The first-order valence-electron chi connectivity index (χ1n) is 8.63. The number of aromatic nitrogens is 3. The summed E-state index contributed by atoms with van der Waals surface area (Å²) in [4.78, 5) is 17.2. The summed E-state index contributed by atoms with van der Waals surface area (Å²) >= 11 is 1.28. The summed E-state index contributed by atoms with van der Waals surface area (Å²) in [6.45, 7) is 4.06. The summed E-state index contributed by atoms with van der Waals surface area (Å²) in [6.07, 6.45) is 3.73. The van der Waals surface area contributed by atoms with Gasteiger partial charge in [0.05, 0.1) is 18.3 Å². The highest BCUT2D eigenvalue weighted by Gasteiger charge is 2.35. The monoisotopic (exact) mass is 385 g/mol. The number of aromatic amines is 1. The molecule has 0 aliphatic carbocycles. The SMILES string of the molecule is CC(C)c1nc(SCC(=O)N2N=C(c3ccco3)CC2c2ccco2)n[nH]1. The van der Waals surface area contributed by atoms with Crippen LogP contribution in [0.1, 0.15) is 49.6 Å². The molecule has 1 aliphatic heterocycles. The van der Waals surface area contributed by atoms with Gasteiger partial charge in [0.1, 0.15) is 29.1 Å². The summed E-state index contributed by atoms with van der Waals surface area (Å²) in [5.41, 5.74) is 0.722. The fraction of sp³-hybridized carbons (Fsp3) is 0.333. The number of carbonyl (C=O) groups excluding carboxylic acids is 1. The fourth-order valence-electron chi connectivity index (χ4n) is 2.81. The molecule has 0 fully saturated rings. The van der Waals surface area contributed by atoms with Crippen molar-refractivity contribution in [2.45, 2.75) is 37.4 Å². The van der Waals surface area contributed by atoms with Gasteiger partial charge in [-0.25, -0.2) is 9.99 Å². The third-order valence-electron chi connectivity index (χ3n) is 4.20. The number of H-pyrrole nitrogens is 1. The third kappa shape index (κ3) is 3.68. The van der Waals surface area contributed by atoms with Crippen molar-refractivity contribution in [2.24, 2.45) is 5.10 Å². The van der Waals surface area contributed by atoms with Gasteiger partial charge < -0.3 is 8.83 Å². The molecule has 4 rings (SSSR count). The number of nitrogens with zero attached hydrogens (tertiary/aromatic N) is 4. The molecule has 8 nitrogen and oxygen atoms in total. The smallest absolute Gasteiger partial charge is 0.253 e. The van der Waals surface area contributed by atoms with Crippen LogP contribution < -0.4 is 0 Å². The number of nitrogens with one attached hydrogen (secondary N) is 1. The maximum Gasteiger partial charge on any atom is 0.253 e. The van der Waals surface area contributed by atoms with Crippen LogP contribution in [0.5, 0.6) is 0 Å². The lowest BCUT2D eigenvalue weighted by atomic mass is 10.1. The van der Waals surface area contributed by atoms with Gasteiger partial charge in [-0.2, -0.15) is 5.10 Å². The number of hydrogen-bond acceptors (Lipinski definition) is 7. The topological polar surface area (TPSA) is 101 Å². The average molecular weight is 385 g/mol. The van der Waals surface area contributed by atoms with Crippen LogP contribution in [0.15, 0.2) is 55.9 Å². The molecule has 0 bridgehead atoms. The zero-order chi connectivity index (χ0) is 18.8. The number of hydrogen-bond donors (Lipinski definition) is 1. The van der Waals surface area contributed by atoms with Gasteiger partial charge in [0.25, 0.3) is 5.91 Å². The molecule has 27 heavy (non-hydrogen) atoms. The van der Waals surface area contributed by atoms with E-state index < -0.39 is 0 Å². The van der Waals surface area contributed by atoms with E-state index in [1.54, 1.807) is 24.7 Å². The van der Waals surface area contributed by atoms with Crippen LogP contribution in [0.25, 0.3) is 0 Å². The molecule has 0 saturated heterocycles. The maximum absolute atomic E-state index is 12.8. The summed E-state index contributed by atoms with van der Waals surface area (Å²) in [6, 6.07) is 7.01. The summed E-state index contributed by atoms with van der Waals surface area (Å²) in [5.74, 6) is 2.45. The zero-order valence-corrected chi connectivity index (χ0v) is 15.8. The maximum atomic E-state index is 12.8. The van der Waals surface area contributed by atoms with Gasteiger partial charge >= 0.3 is 0 Å². The van der Waals surface area contributed by atoms with E-state index in [1.807, 2.05) is 26.0 Å². The molecule has 1 amide bonds. The first kappa shape index (κ1) is 17.6. The molecule has 1 atom stereocenters. The van der Waals surface area contributed by atoms with Crippen LogP contribution in [-0.2, 0) is 4.79 Å². The Bertz CT molecular complexity index is 930. The minimum Gasteiger partial charge on any atom is -0.467 e. The number of hydrazone groups is 1. The van der Waals surface area contributed by atoms with Crippen LogP contribution in [-0.4, -0.2) is 37.6 Å². The lowest BCUT2D eigenvalue weighted by Crippen LogP contribution is -2.28. The van der Waals surface area contributed by atoms with E-state index in [0.29, 0.717) is 23.1 Å². The zero-order valence-electron chi connectivity index (χ0n) is 15.0. The second-order valence-electron chi connectivity index (χ2n) is 6.44. The quantitative estimate of drug-likeness (QED) is 0.651. The van der Waals surface area contributed by atoms with E-state index in [0.717, 1.165) is 11.5 Å². The van der Waals surface area contributed by atoms with E-state index in [4.69, 9.17) is 8.83 Å². The molecule has 1 aliphatic rings. The highest BCUT2D eigenvalue weighted by atomic mass is 32.2.